The van der Waals surface area contributed by atoms with E-state index in [1.807, 2.05) is 19.9 Å². The molecule has 4 nitrogen and oxygen atoms in total. The summed E-state index contributed by atoms with van der Waals surface area (Å²) >= 11 is 0. The molecule has 0 aromatic carbocycles. The summed E-state index contributed by atoms with van der Waals surface area (Å²) < 4.78 is 11.3. The van der Waals surface area contributed by atoms with Gasteiger partial charge in [-0.3, -0.25) is 0 Å². The van der Waals surface area contributed by atoms with Gasteiger partial charge in [-0.25, -0.2) is 4.98 Å². The van der Waals surface area contributed by atoms with Gasteiger partial charge in [0.25, 0.3) is 0 Å². The molecule has 2 rings (SSSR count). The van der Waals surface area contributed by atoms with Crippen molar-refractivity contribution in [2.45, 2.75) is 39.2 Å². The lowest BCUT2D eigenvalue weighted by molar-refractivity contribution is -0.0120. The number of nitrogens with zero attached hydrogens (tertiary/aromatic N) is 2. The summed E-state index contributed by atoms with van der Waals surface area (Å²) in [5.41, 5.74) is 2.30. The van der Waals surface area contributed by atoms with Crippen LogP contribution in [0.5, 0.6) is 5.88 Å². The van der Waals surface area contributed by atoms with Crippen molar-refractivity contribution in [3.05, 3.63) is 22.9 Å². The predicted molar refractivity (Wildman–Crippen MR) is 67.5 cm³/mol. The summed E-state index contributed by atoms with van der Waals surface area (Å²) in [6, 6.07) is 4.04. The third-order valence-electron chi connectivity index (χ3n) is 3.10. The summed E-state index contributed by atoms with van der Waals surface area (Å²) in [7, 11) is 0. The standard InChI is InChI=1S/C14H18N2O2/c1-10-7-11(2)16-14(13(10)8-15)18-9-12-5-3-4-6-17-12/h7,12H,3-6,9H2,1-2H3. The monoisotopic (exact) mass is 246 g/mol. The van der Waals surface area contributed by atoms with Gasteiger partial charge < -0.3 is 9.47 Å². The number of aryl methyl sites for hydroxylation is 2. The van der Waals surface area contributed by atoms with Crippen LogP contribution in [0.3, 0.4) is 0 Å². The molecule has 0 N–H and O–H groups in total. The molecule has 0 spiro atoms. The fourth-order valence-corrected chi connectivity index (χ4v) is 2.15. The van der Waals surface area contributed by atoms with E-state index in [-0.39, 0.29) is 6.10 Å². The highest BCUT2D eigenvalue weighted by Crippen LogP contribution is 2.21. The lowest BCUT2D eigenvalue weighted by Crippen LogP contribution is -2.26. The number of aromatic nitrogens is 1. The molecule has 1 fully saturated rings. The average Bonchev–Trinajstić information content (AvgIpc) is 2.37. The van der Waals surface area contributed by atoms with Crippen LogP contribution in [0.1, 0.15) is 36.1 Å². The molecular weight excluding hydrogens is 228 g/mol. The molecule has 0 aliphatic carbocycles. The van der Waals surface area contributed by atoms with Gasteiger partial charge in [0.1, 0.15) is 18.2 Å². The van der Waals surface area contributed by atoms with Crippen molar-refractivity contribution in [1.82, 2.24) is 4.98 Å². The first-order valence-electron chi connectivity index (χ1n) is 6.33. The molecule has 1 aliphatic heterocycles. The third-order valence-corrected chi connectivity index (χ3v) is 3.10. The number of nitriles is 1. The second kappa shape index (κ2) is 5.83. The lowest BCUT2D eigenvalue weighted by atomic mass is 10.1. The van der Waals surface area contributed by atoms with E-state index in [0.29, 0.717) is 18.1 Å². The van der Waals surface area contributed by atoms with Crippen LogP contribution in [-0.4, -0.2) is 24.3 Å². The third kappa shape index (κ3) is 2.99. The fraction of sp³-hybridized carbons (Fsp3) is 0.571. The van der Waals surface area contributed by atoms with Crippen LogP contribution in [0.4, 0.5) is 0 Å². The molecule has 2 heterocycles. The highest BCUT2D eigenvalue weighted by molar-refractivity contribution is 5.45. The second-order valence-electron chi connectivity index (χ2n) is 4.67. The first-order valence-corrected chi connectivity index (χ1v) is 6.33. The summed E-state index contributed by atoms with van der Waals surface area (Å²) in [5, 5.41) is 9.13. The Hall–Kier alpha value is -1.60. The number of rotatable bonds is 3. The number of ether oxygens (including phenoxy) is 2. The highest BCUT2D eigenvalue weighted by Gasteiger charge is 2.16. The number of hydrogen-bond donors (Lipinski definition) is 0. The Morgan fingerprint density at radius 1 is 1.50 bits per heavy atom. The van der Waals surface area contributed by atoms with Crippen molar-refractivity contribution in [1.29, 1.82) is 5.26 Å². The van der Waals surface area contributed by atoms with Gasteiger partial charge >= 0.3 is 0 Å². The van der Waals surface area contributed by atoms with Crippen LogP contribution in [0.2, 0.25) is 0 Å². The SMILES string of the molecule is Cc1cc(C)c(C#N)c(OCC2CCCCO2)n1. The molecule has 0 radical (unpaired) electrons. The number of pyridine rings is 1. The first-order chi connectivity index (χ1) is 8.70. The molecule has 1 saturated heterocycles. The first kappa shape index (κ1) is 12.8. The summed E-state index contributed by atoms with van der Waals surface area (Å²) in [6.45, 7) is 5.08. The quantitative estimate of drug-likeness (QED) is 0.822. The van der Waals surface area contributed by atoms with E-state index in [1.165, 1.54) is 6.42 Å². The van der Waals surface area contributed by atoms with Crippen LogP contribution in [0, 0.1) is 25.2 Å². The molecule has 4 heteroatoms. The van der Waals surface area contributed by atoms with Crippen molar-refractivity contribution in [3.63, 3.8) is 0 Å². The van der Waals surface area contributed by atoms with E-state index in [0.717, 1.165) is 30.7 Å². The topological polar surface area (TPSA) is 55.1 Å². The van der Waals surface area contributed by atoms with Crippen molar-refractivity contribution >= 4 is 0 Å². The van der Waals surface area contributed by atoms with Crippen molar-refractivity contribution in [2.75, 3.05) is 13.2 Å². The summed E-state index contributed by atoms with van der Waals surface area (Å²) in [5.74, 6) is 0.434. The van der Waals surface area contributed by atoms with Gasteiger partial charge in [0, 0.05) is 12.3 Å². The van der Waals surface area contributed by atoms with Crippen molar-refractivity contribution in [3.8, 4) is 11.9 Å². The van der Waals surface area contributed by atoms with Gasteiger partial charge in [0.2, 0.25) is 5.88 Å². The van der Waals surface area contributed by atoms with E-state index in [4.69, 9.17) is 14.7 Å². The summed E-state index contributed by atoms with van der Waals surface area (Å²) in [6.07, 6.45) is 3.46. The molecule has 1 aromatic heterocycles. The van der Waals surface area contributed by atoms with Crippen molar-refractivity contribution < 1.29 is 9.47 Å². The van der Waals surface area contributed by atoms with E-state index in [9.17, 15) is 0 Å². The molecule has 1 aromatic rings. The zero-order valence-electron chi connectivity index (χ0n) is 10.9. The maximum atomic E-state index is 9.13. The largest absolute Gasteiger partial charge is 0.474 e. The fourth-order valence-electron chi connectivity index (χ4n) is 2.15. The zero-order chi connectivity index (χ0) is 13.0. The Kier molecular flexibility index (Phi) is 4.16. The van der Waals surface area contributed by atoms with Crippen LogP contribution >= 0.6 is 0 Å². The number of hydrogen-bond acceptors (Lipinski definition) is 4. The van der Waals surface area contributed by atoms with Crippen molar-refractivity contribution in [2.24, 2.45) is 0 Å². The normalized spacial score (nSPS) is 19.3. The molecule has 1 aliphatic rings. The van der Waals surface area contributed by atoms with E-state index < -0.39 is 0 Å². The Morgan fingerprint density at radius 2 is 2.33 bits per heavy atom. The Balaban J connectivity index is 2.06. The molecule has 0 saturated carbocycles. The molecule has 96 valence electrons. The molecule has 18 heavy (non-hydrogen) atoms. The maximum absolute atomic E-state index is 9.13. The van der Waals surface area contributed by atoms with Crippen LogP contribution in [-0.2, 0) is 4.74 Å². The van der Waals surface area contributed by atoms with E-state index in [1.54, 1.807) is 0 Å². The molecule has 1 unspecified atom stereocenters. The molecule has 0 amide bonds. The molecular formula is C14H18N2O2. The van der Waals surface area contributed by atoms with Gasteiger partial charge in [-0.2, -0.15) is 5.26 Å². The second-order valence-corrected chi connectivity index (χ2v) is 4.67. The molecule has 0 bridgehead atoms. The lowest BCUT2D eigenvalue weighted by Gasteiger charge is -2.22. The zero-order valence-corrected chi connectivity index (χ0v) is 10.9. The smallest absolute Gasteiger partial charge is 0.232 e. The highest BCUT2D eigenvalue weighted by atomic mass is 16.5. The minimum absolute atomic E-state index is 0.132. The van der Waals surface area contributed by atoms with Gasteiger partial charge in [-0.15, -0.1) is 0 Å². The van der Waals surface area contributed by atoms with Crippen LogP contribution in [0.15, 0.2) is 6.07 Å². The average molecular weight is 246 g/mol. The predicted octanol–water partition coefficient (Wildman–Crippen LogP) is 2.52. The van der Waals surface area contributed by atoms with Crippen LogP contribution in [0.25, 0.3) is 0 Å². The Labute approximate surface area is 108 Å². The Bertz CT molecular complexity index is 460. The van der Waals surface area contributed by atoms with E-state index in [2.05, 4.69) is 11.1 Å². The van der Waals surface area contributed by atoms with Gasteiger partial charge in [-0.1, -0.05) is 0 Å². The minimum Gasteiger partial charge on any atom is -0.474 e. The van der Waals surface area contributed by atoms with Gasteiger partial charge in [0.05, 0.1) is 6.10 Å². The Morgan fingerprint density at radius 3 is 3.00 bits per heavy atom. The minimum atomic E-state index is 0.132. The molecule has 1 atom stereocenters. The van der Waals surface area contributed by atoms with Gasteiger partial charge in [0.15, 0.2) is 0 Å². The summed E-state index contributed by atoms with van der Waals surface area (Å²) in [4.78, 5) is 4.29. The van der Waals surface area contributed by atoms with Crippen LogP contribution < -0.4 is 4.74 Å². The van der Waals surface area contributed by atoms with E-state index >= 15 is 0 Å². The van der Waals surface area contributed by atoms with Gasteiger partial charge in [-0.05, 0) is 44.7 Å². The maximum Gasteiger partial charge on any atom is 0.232 e.